The van der Waals surface area contributed by atoms with Gasteiger partial charge in [-0.05, 0) is 30.5 Å². The molecule has 2 amide bonds. The van der Waals surface area contributed by atoms with E-state index in [1.807, 2.05) is 25.3 Å². The van der Waals surface area contributed by atoms with E-state index in [4.69, 9.17) is 4.74 Å². The first-order valence-electron chi connectivity index (χ1n) is 7.00. The summed E-state index contributed by atoms with van der Waals surface area (Å²) in [6, 6.07) is 5.51. The number of carbonyl (C=O) groups is 2. The second-order valence-corrected chi connectivity index (χ2v) is 6.00. The molecule has 0 radical (unpaired) electrons. The maximum atomic E-state index is 12.5. The van der Waals surface area contributed by atoms with Crippen LogP contribution in [0.25, 0.3) is 0 Å². The quantitative estimate of drug-likeness (QED) is 0.866. The predicted molar refractivity (Wildman–Crippen MR) is 84.2 cm³/mol. The minimum absolute atomic E-state index is 0.0102. The van der Waals surface area contributed by atoms with E-state index in [1.54, 1.807) is 16.3 Å². The van der Waals surface area contributed by atoms with Gasteiger partial charge in [0.1, 0.15) is 4.88 Å². The molecule has 0 aliphatic carbocycles. The summed E-state index contributed by atoms with van der Waals surface area (Å²) in [6.07, 6.45) is 2.02. The average molecular weight is 319 g/mol. The number of aromatic nitrogens is 1. The van der Waals surface area contributed by atoms with Gasteiger partial charge in [-0.25, -0.2) is 9.59 Å². The molecule has 0 saturated heterocycles. The van der Waals surface area contributed by atoms with Crippen LogP contribution in [-0.2, 0) is 11.3 Å². The number of carbonyl (C=O) groups excluding carboxylic acids is 2. The fourth-order valence-corrected chi connectivity index (χ4v) is 3.47. The van der Waals surface area contributed by atoms with Crippen LogP contribution in [-0.4, -0.2) is 35.1 Å². The topological polar surface area (TPSA) is 63.6 Å². The molecule has 0 fully saturated rings. The lowest BCUT2D eigenvalue weighted by molar-refractivity contribution is 0.0607. The molecular weight excluding hydrogens is 302 g/mol. The fraction of sp³-hybridized carbons (Fsp3) is 0.333. The normalized spacial score (nSPS) is 17.0. The number of rotatable bonds is 2. The van der Waals surface area contributed by atoms with E-state index < -0.39 is 5.97 Å². The first-order valence-corrected chi connectivity index (χ1v) is 7.88. The highest BCUT2D eigenvalue weighted by molar-refractivity contribution is 7.12. The van der Waals surface area contributed by atoms with E-state index in [1.165, 1.54) is 18.4 Å². The molecule has 6 nitrogen and oxygen atoms in total. The van der Waals surface area contributed by atoms with Gasteiger partial charge in [0.05, 0.1) is 18.8 Å². The number of methoxy groups -OCH3 is 1. The van der Waals surface area contributed by atoms with E-state index >= 15 is 0 Å². The third-order valence-corrected chi connectivity index (χ3v) is 4.77. The second kappa shape index (κ2) is 5.84. The summed E-state index contributed by atoms with van der Waals surface area (Å²) in [5.74, 6) is -0.439. The number of hydrogen-bond donors (Lipinski definition) is 1. The zero-order valence-electron chi connectivity index (χ0n) is 12.4. The molecule has 1 aliphatic rings. The lowest BCUT2D eigenvalue weighted by atomic mass is 10.1. The number of ether oxygens (including phenoxy) is 1. The number of nitrogens with one attached hydrogen (secondary N) is 1. The van der Waals surface area contributed by atoms with Crippen LogP contribution in [0.5, 0.6) is 0 Å². The van der Waals surface area contributed by atoms with Gasteiger partial charge < -0.3 is 19.5 Å². The number of fused-ring (bicyclic) bond motifs is 1. The highest BCUT2D eigenvalue weighted by Crippen LogP contribution is 2.28. The average Bonchev–Trinajstić information content (AvgIpc) is 3.15. The van der Waals surface area contributed by atoms with E-state index in [-0.39, 0.29) is 12.1 Å². The number of thiophene rings is 1. The monoisotopic (exact) mass is 319 g/mol. The minimum atomic E-state index is -0.439. The summed E-state index contributed by atoms with van der Waals surface area (Å²) in [5, 5.41) is 4.57. The van der Waals surface area contributed by atoms with Gasteiger partial charge in [0, 0.05) is 25.0 Å². The van der Waals surface area contributed by atoms with Crippen LogP contribution in [0.1, 0.15) is 28.3 Å². The van der Waals surface area contributed by atoms with E-state index in [0.29, 0.717) is 17.1 Å². The first-order chi connectivity index (χ1) is 10.6. The Morgan fingerprint density at radius 1 is 1.36 bits per heavy atom. The Labute approximate surface area is 132 Å². The number of anilines is 1. The summed E-state index contributed by atoms with van der Waals surface area (Å²) in [5.41, 5.74) is 1.61. The van der Waals surface area contributed by atoms with Gasteiger partial charge in [-0.2, -0.15) is 0 Å². The van der Waals surface area contributed by atoms with Crippen molar-refractivity contribution < 1.29 is 14.3 Å². The molecule has 2 aromatic rings. The molecule has 0 saturated carbocycles. The SMILES string of the molecule is COC(=O)c1sccc1NC(=O)N1CCn2cccc2C1C. The highest BCUT2D eigenvalue weighted by Gasteiger charge is 2.28. The zero-order valence-corrected chi connectivity index (χ0v) is 13.2. The molecule has 1 aliphatic heterocycles. The molecule has 3 rings (SSSR count). The smallest absolute Gasteiger partial charge is 0.350 e. The van der Waals surface area contributed by atoms with Gasteiger partial charge in [0.15, 0.2) is 0 Å². The van der Waals surface area contributed by atoms with Crippen molar-refractivity contribution in [3.8, 4) is 0 Å². The zero-order chi connectivity index (χ0) is 15.7. The maximum Gasteiger partial charge on any atom is 0.350 e. The van der Waals surface area contributed by atoms with Crippen LogP contribution < -0.4 is 5.32 Å². The Hall–Kier alpha value is -2.28. The Morgan fingerprint density at radius 3 is 2.95 bits per heavy atom. The third-order valence-electron chi connectivity index (χ3n) is 3.88. The minimum Gasteiger partial charge on any atom is -0.465 e. The van der Waals surface area contributed by atoms with Crippen LogP contribution >= 0.6 is 11.3 Å². The summed E-state index contributed by atoms with van der Waals surface area (Å²) in [4.78, 5) is 26.4. The van der Waals surface area contributed by atoms with Gasteiger partial charge in [-0.3, -0.25) is 0 Å². The van der Waals surface area contributed by atoms with Crippen LogP contribution in [0.3, 0.4) is 0 Å². The summed E-state index contributed by atoms with van der Waals surface area (Å²) in [7, 11) is 1.33. The van der Waals surface area contributed by atoms with E-state index in [9.17, 15) is 9.59 Å². The molecule has 22 heavy (non-hydrogen) atoms. The number of urea groups is 1. The van der Waals surface area contributed by atoms with Gasteiger partial charge in [0.25, 0.3) is 0 Å². The van der Waals surface area contributed by atoms with Crippen LogP contribution in [0.15, 0.2) is 29.8 Å². The Balaban J connectivity index is 1.76. The molecule has 0 spiro atoms. The van der Waals surface area contributed by atoms with Gasteiger partial charge in [-0.1, -0.05) is 0 Å². The number of amides is 2. The Kier molecular flexibility index (Phi) is 3.89. The molecule has 7 heteroatoms. The van der Waals surface area contributed by atoms with Gasteiger partial charge >= 0.3 is 12.0 Å². The van der Waals surface area contributed by atoms with Crippen molar-refractivity contribution in [2.24, 2.45) is 0 Å². The lowest BCUT2D eigenvalue weighted by Gasteiger charge is -2.34. The number of esters is 1. The fourth-order valence-electron chi connectivity index (χ4n) is 2.70. The van der Waals surface area contributed by atoms with Crippen molar-refractivity contribution in [3.05, 3.63) is 40.3 Å². The van der Waals surface area contributed by atoms with Crippen LogP contribution in [0.4, 0.5) is 10.5 Å². The molecular formula is C15H17N3O3S. The van der Waals surface area contributed by atoms with E-state index in [0.717, 1.165) is 12.2 Å². The maximum absolute atomic E-state index is 12.5. The van der Waals surface area contributed by atoms with Crippen molar-refractivity contribution in [2.75, 3.05) is 19.0 Å². The van der Waals surface area contributed by atoms with Gasteiger partial charge in [-0.15, -0.1) is 11.3 Å². The second-order valence-electron chi connectivity index (χ2n) is 5.08. The molecule has 1 unspecified atom stereocenters. The molecule has 0 bridgehead atoms. The predicted octanol–water partition coefficient (Wildman–Crippen LogP) is 2.94. The molecule has 1 N–H and O–H groups in total. The van der Waals surface area contributed by atoms with Crippen molar-refractivity contribution in [2.45, 2.75) is 19.5 Å². The summed E-state index contributed by atoms with van der Waals surface area (Å²) < 4.78 is 6.87. The van der Waals surface area contributed by atoms with Crippen LogP contribution in [0, 0.1) is 0 Å². The highest BCUT2D eigenvalue weighted by atomic mass is 32.1. The van der Waals surface area contributed by atoms with Crippen molar-refractivity contribution in [1.82, 2.24) is 9.47 Å². The summed E-state index contributed by atoms with van der Waals surface area (Å²) in [6.45, 7) is 3.40. The third kappa shape index (κ3) is 2.48. The number of nitrogens with zero attached hydrogens (tertiary/aromatic N) is 2. The molecule has 0 aromatic carbocycles. The largest absolute Gasteiger partial charge is 0.465 e. The lowest BCUT2D eigenvalue weighted by Crippen LogP contribution is -2.43. The van der Waals surface area contributed by atoms with Crippen molar-refractivity contribution >= 4 is 29.0 Å². The molecule has 1 atom stereocenters. The van der Waals surface area contributed by atoms with Crippen molar-refractivity contribution in [1.29, 1.82) is 0 Å². The van der Waals surface area contributed by atoms with Gasteiger partial charge in [0.2, 0.25) is 0 Å². The van der Waals surface area contributed by atoms with Crippen LogP contribution in [0.2, 0.25) is 0 Å². The molecule has 3 heterocycles. The standard InChI is InChI=1S/C15H17N3O3S/c1-10-12-4-3-6-17(12)7-8-18(10)15(20)16-11-5-9-22-13(11)14(19)21-2/h3-6,9-10H,7-8H2,1-2H3,(H,16,20). The Morgan fingerprint density at radius 2 is 2.18 bits per heavy atom. The first kappa shape index (κ1) is 14.6. The Bertz CT molecular complexity index is 706. The number of hydrogen-bond acceptors (Lipinski definition) is 4. The van der Waals surface area contributed by atoms with E-state index in [2.05, 4.69) is 9.88 Å². The molecule has 2 aromatic heterocycles. The summed E-state index contributed by atoms with van der Waals surface area (Å²) >= 11 is 1.25. The molecule has 116 valence electrons. The van der Waals surface area contributed by atoms with Crippen molar-refractivity contribution in [3.63, 3.8) is 0 Å².